The van der Waals surface area contributed by atoms with Gasteiger partial charge >= 0.3 is 0 Å². The van der Waals surface area contributed by atoms with Gasteiger partial charge in [0.2, 0.25) is 0 Å². The Labute approximate surface area is 120 Å². The van der Waals surface area contributed by atoms with Gasteiger partial charge in [0, 0.05) is 24.2 Å². The highest BCUT2D eigenvalue weighted by atomic mass is 16.4. The minimum Gasteiger partial charge on any atom is -0.409 e. The van der Waals surface area contributed by atoms with Crippen LogP contribution in [0.4, 0.5) is 0 Å². The average Bonchev–Trinajstić information content (AvgIpc) is 2.43. The predicted octanol–water partition coefficient (Wildman–Crippen LogP) is 2.29. The molecule has 0 saturated carbocycles. The third kappa shape index (κ3) is 3.50. The number of amidine groups is 1. The van der Waals surface area contributed by atoms with Crippen LogP contribution >= 0.6 is 0 Å². The first-order valence-corrected chi connectivity index (χ1v) is 6.53. The summed E-state index contributed by atoms with van der Waals surface area (Å²) in [5.41, 5.74) is 6.58. The minimum absolute atomic E-state index is 0.00634. The van der Waals surface area contributed by atoms with E-state index in [0.717, 1.165) is 0 Å². The van der Waals surface area contributed by atoms with Crippen molar-refractivity contribution in [1.29, 1.82) is 0 Å². The van der Waals surface area contributed by atoms with Gasteiger partial charge in [0.1, 0.15) is 0 Å². The molecule has 1 amide bonds. The normalized spacial score (nSPS) is 13.9. The second kappa shape index (κ2) is 5.94. The van der Waals surface area contributed by atoms with Gasteiger partial charge in [-0.15, -0.1) is 0 Å². The van der Waals surface area contributed by atoms with E-state index >= 15 is 0 Å². The van der Waals surface area contributed by atoms with Crippen molar-refractivity contribution in [2.24, 2.45) is 16.3 Å². The highest BCUT2D eigenvalue weighted by molar-refractivity contribution is 6.01. The Morgan fingerprint density at radius 3 is 2.40 bits per heavy atom. The van der Waals surface area contributed by atoms with Crippen molar-refractivity contribution in [1.82, 2.24) is 4.90 Å². The molecule has 20 heavy (non-hydrogen) atoms. The fourth-order valence-electron chi connectivity index (χ4n) is 1.83. The van der Waals surface area contributed by atoms with Crippen LogP contribution in [0.25, 0.3) is 0 Å². The van der Waals surface area contributed by atoms with E-state index < -0.39 is 0 Å². The van der Waals surface area contributed by atoms with Gasteiger partial charge in [0.25, 0.3) is 5.91 Å². The molecule has 0 aliphatic carbocycles. The molecule has 1 aromatic carbocycles. The van der Waals surface area contributed by atoms with Crippen molar-refractivity contribution in [3.8, 4) is 0 Å². The fraction of sp³-hybridized carbons (Fsp3) is 0.467. The molecular weight excluding hydrogens is 254 g/mol. The zero-order valence-electron chi connectivity index (χ0n) is 12.7. The topological polar surface area (TPSA) is 78.9 Å². The lowest BCUT2D eigenvalue weighted by atomic mass is 9.87. The number of oxime groups is 1. The molecule has 110 valence electrons. The third-order valence-electron chi connectivity index (χ3n) is 3.67. The number of amides is 1. The van der Waals surface area contributed by atoms with Gasteiger partial charge in [0.15, 0.2) is 5.84 Å². The van der Waals surface area contributed by atoms with Crippen LogP contribution in [0.2, 0.25) is 0 Å². The quantitative estimate of drug-likeness (QED) is 0.385. The van der Waals surface area contributed by atoms with Gasteiger partial charge in [0.05, 0.1) is 0 Å². The largest absolute Gasteiger partial charge is 0.409 e. The summed E-state index contributed by atoms with van der Waals surface area (Å²) >= 11 is 0. The maximum absolute atomic E-state index is 12.5. The summed E-state index contributed by atoms with van der Waals surface area (Å²) in [6.45, 7) is 8.29. The van der Waals surface area contributed by atoms with E-state index in [0.29, 0.717) is 11.1 Å². The highest BCUT2D eigenvalue weighted by Gasteiger charge is 2.27. The van der Waals surface area contributed by atoms with Crippen molar-refractivity contribution in [2.75, 3.05) is 7.05 Å². The lowest BCUT2D eigenvalue weighted by molar-refractivity contribution is 0.0629. The predicted molar refractivity (Wildman–Crippen MR) is 80.0 cm³/mol. The van der Waals surface area contributed by atoms with Crippen molar-refractivity contribution in [2.45, 2.75) is 33.7 Å². The number of carbonyl (C=O) groups is 1. The van der Waals surface area contributed by atoms with Crippen molar-refractivity contribution >= 4 is 11.7 Å². The molecule has 1 unspecified atom stereocenters. The minimum atomic E-state index is -0.0833. The van der Waals surface area contributed by atoms with E-state index in [4.69, 9.17) is 10.9 Å². The van der Waals surface area contributed by atoms with Crippen molar-refractivity contribution in [3.63, 3.8) is 0 Å². The van der Waals surface area contributed by atoms with Gasteiger partial charge in [-0.05, 0) is 24.5 Å². The molecule has 0 heterocycles. The van der Waals surface area contributed by atoms with E-state index in [1.165, 1.54) is 0 Å². The molecule has 0 aliphatic rings. The number of rotatable bonds is 3. The van der Waals surface area contributed by atoms with Crippen LogP contribution in [-0.2, 0) is 0 Å². The Kier molecular flexibility index (Phi) is 4.76. The second-order valence-electron chi connectivity index (χ2n) is 6.02. The summed E-state index contributed by atoms with van der Waals surface area (Å²) in [7, 11) is 1.79. The van der Waals surface area contributed by atoms with Gasteiger partial charge in [-0.25, -0.2) is 0 Å². The molecule has 0 aliphatic heterocycles. The van der Waals surface area contributed by atoms with Gasteiger partial charge < -0.3 is 15.8 Å². The Morgan fingerprint density at radius 2 is 1.90 bits per heavy atom. The highest BCUT2D eigenvalue weighted by Crippen LogP contribution is 2.24. The van der Waals surface area contributed by atoms with Gasteiger partial charge in [-0.1, -0.05) is 38.1 Å². The van der Waals surface area contributed by atoms with Crippen LogP contribution < -0.4 is 5.73 Å². The molecule has 0 radical (unpaired) electrons. The maximum atomic E-state index is 12.5. The monoisotopic (exact) mass is 277 g/mol. The Hall–Kier alpha value is -2.04. The second-order valence-corrected chi connectivity index (χ2v) is 6.02. The summed E-state index contributed by atoms with van der Waals surface area (Å²) in [6, 6.07) is 6.85. The van der Waals surface area contributed by atoms with Crippen molar-refractivity contribution in [3.05, 3.63) is 35.4 Å². The average molecular weight is 277 g/mol. The summed E-state index contributed by atoms with van der Waals surface area (Å²) < 4.78 is 0. The van der Waals surface area contributed by atoms with E-state index in [9.17, 15) is 4.79 Å². The summed E-state index contributed by atoms with van der Waals surface area (Å²) in [6.07, 6.45) is 0. The lowest BCUT2D eigenvalue weighted by Gasteiger charge is -2.35. The van der Waals surface area contributed by atoms with E-state index in [2.05, 4.69) is 25.9 Å². The molecule has 0 saturated heterocycles. The molecule has 0 fully saturated rings. The number of benzene rings is 1. The molecule has 1 atom stereocenters. The van der Waals surface area contributed by atoms with Crippen LogP contribution in [0.3, 0.4) is 0 Å². The first-order chi connectivity index (χ1) is 9.18. The molecule has 0 bridgehead atoms. The Morgan fingerprint density at radius 1 is 1.35 bits per heavy atom. The van der Waals surface area contributed by atoms with Crippen LogP contribution in [0.1, 0.15) is 43.6 Å². The first kappa shape index (κ1) is 16.0. The van der Waals surface area contributed by atoms with E-state index in [1.807, 2.05) is 6.92 Å². The van der Waals surface area contributed by atoms with Gasteiger partial charge in [-0.2, -0.15) is 0 Å². The van der Waals surface area contributed by atoms with Crippen LogP contribution in [0.5, 0.6) is 0 Å². The van der Waals surface area contributed by atoms with Crippen molar-refractivity contribution < 1.29 is 10.0 Å². The zero-order valence-corrected chi connectivity index (χ0v) is 12.7. The molecule has 3 N–H and O–H groups in total. The molecule has 1 aromatic rings. The number of hydrogen-bond donors (Lipinski definition) is 2. The molecule has 1 rings (SSSR count). The molecular formula is C15H23N3O2. The summed E-state index contributed by atoms with van der Waals surface area (Å²) in [5, 5.41) is 11.6. The Balaban J connectivity index is 3.04. The van der Waals surface area contributed by atoms with Crippen LogP contribution in [0, 0.1) is 5.41 Å². The number of hydrogen-bond acceptors (Lipinski definition) is 3. The summed E-state index contributed by atoms with van der Waals surface area (Å²) in [4.78, 5) is 14.2. The fourth-order valence-corrected chi connectivity index (χ4v) is 1.83. The van der Waals surface area contributed by atoms with E-state index in [1.54, 1.807) is 36.2 Å². The molecule has 0 spiro atoms. The molecule has 5 nitrogen and oxygen atoms in total. The Bertz CT molecular complexity index is 518. The van der Waals surface area contributed by atoms with Crippen LogP contribution in [0.15, 0.2) is 29.4 Å². The summed E-state index contributed by atoms with van der Waals surface area (Å²) in [5.74, 6) is -0.0915. The molecule has 5 heteroatoms. The smallest absolute Gasteiger partial charge is 0.253 e. The zero-order chi connectivity index (χ0) is 15.5. The maximum Gasteiger partial charge on any atom is 0.253 e. The number of carbonyl (C=O) groups excluding carboxylic acids is 1. The number of nitrogens with zero attached hydrogens (tertiary/aromatic N) is 2. The molecule has 0 aromatic heterocycles. The van der Waals surface area contributed by atoms with Crippen LogP contribution in [-0.4, -0.2) is 34.9 Å². The SMILES string of the molecule is CC(N(C)C(=O)c1cccc(C(N)=NO)c1)C(C)(C)C. The first-order valence-electron chi connectivity index (χ1n) is 6.53. The number of nitrogens with two attached hydrogens (primary N) is 1. The third-order valence-corrected chi connectivity index (χ3v) is 3.67. The van der Waals surface area contributed by atoms with Gasteiger partial charge in [-0.3, -0.25) is 4.79 Å². The standard InChI is InChI=1S/C15H23N3O2/c1-10(15(2,3)4)18(5)14(19)12-8-6-7-11(9-12)13(16)17-20/h6-10,20H,1-5H3,(H2,16,17). The lowest BCUT2D eigenvalue weighted by Crippen LogP contribution is -2.43. The van der Waals surface area contributed by atoms with E-state index in [-0.39, 0.29) is 23.2 Å².